The number of aliphatic hydroxyl groups is 2. The first-order valence-corrected chi connectivity index (χ1v) is 11.9. The van der Waals surface area contributed by atoms with Gasteiger partial charge in [-0.3, -0.25) is 4.79 Å². The van der Waals surface area contributed by atoms with Crippen LogP contribution in [0.3, 0.4) is 0 Å². The first kappa shape index (κ1) is 22.3. The van der Waals surface area contributed by atoms with E-state index >= 15 is 0 Å². The summed E-state index contributed by atoms with van der Waals surface area (Å²) in [5.41, 5.74) is 2.54. The van der Waals surface area contributed by atoms with Gasteiger partial charge < -0.3 is 29.6 Å². The Hall–Kier alpha value is -3.17. The monoisotopic (exact) mass is 490 g/mol. The molecule has 0 saturated heterocycles. The number of ether oxygens (including phenoxy) is 2. The summed E-state index contributed by atoms with van der Waals surface area (Å²) in [6, 6.07) is 12.3. The molecule has 3 aromatic rings. The molecule has 1 aliphatic heterocycles. The fourth-order valence-electron chi connectivity index (χ4n) is 5.15. The van der Waals surface area contributed by atoms with E-state index < -0.39 is 17.8 Å². The Bertz CT molecular complexity index is 1330. The van der Waals surface area contributed by atoms with Crippen LogP contribution >= 0.6 is 0 Å². The molecule has 0 unspecified atom stereocenters. The highest BCUT2D eigenvalue weighted by molar-refractivity contribution is 6.02. The normalized spacial score (nSPS) is 20.5. The summed E-state index contributed by atoms with van der Waals surface area (Å²) in [7, 11) is 0. The van der Waals surface area contributed by atoms with Gasteiger partial charge in [0.15, 0.2) is 11.5 Å². The number of nitrogens with one attached hydrogen (secondary N) is 1. The van der Waals surface area contributed by atoms with E-state index in [0.29, 0.717) is 36.6 Å². The van der Waals surface area contributed by atoms with Crippen molar-refractivity contribution in [3.8, 4) is 11.5 Å². The van der Waals surface area contributed by atoms with Crippen LogP contribution in [0.4, 0.5) is 14.5 Å². The van der Waals surface area contributed by atoms with Gasteiger partial charge in [-0.2, -0.15) is 0 Å². The summed E-state index contributed by atoms with van der Waals surface area (Å²) in [6.45, 7) is 0.00130. The lowest BCUT2D eigenvalue weighted by Crippen LogP contribution is -2.28. The second-order valence-electron chi connectivity index (χ2n) is 9.78. The quantitative estimate of drug-likeness (QED) is 0.434. The van der Waals surface area contributed by atoms with Gasteiger partial charge in [-0.15, -0.1) is 8.78 Å². The average Bonchev–Trinajstić information content (AvgIpc) is 3.44. The maximum absolute atomic E-state index is 13.4. The van der Waals surface area contributed by atoms with Crippen molar-refractivity contribution in [2.45, 2.75) is 62.4 Å². The van der Waals surface area contributed by atoms with Crippen LogP contribution in [0, 0.1) is 0 Å². The van der Waals surface area contributed by atoms with Crippen LogP contribution in [-0.2, 0) is 16.8 Å². The van der Waals surface area contributed by atoms with E-state index in [-0.39, 0.29) is 28.3 Å². The van der Waals surface area contributed by atoms with Crippen molar-refractivity contribution in [1.29, 1.82) is 0 Å². The molecule has 7 nitrogen and oxygen atoms in total. The number of benzene rings is 2. The molecule has 1 atom stereocenters. The number of hydrogen-bond acceptors (Lipinski definition) is 5. The summed E-state index contributed by atoms with van der Waals surface area (Å²) in [5, 5.41) is 23.4. The van der Waals surface area contributed by atoms with Crippen LogP contribution in [0.15, 0.2) is 42.5 Å². The predicted molar refractivity (Wildman–Crippen MR) is 130 cm³/mol. The number of carbonyl (C=O) groups is 1. The Labute approximate surface area is 204 Å². The Morgan fingerprint density at radius 1 is 1.14 bits per heavy atom. The van der Waals surface area contributed by atoms with Gasteiger partial charge in [-0.1, -0.05) is 12.5 Å². The lowest BCUT2D eigenvalue weighted by Gasteiger charge is -2.27. The second-order valence-corrected chi connectivity index (χ2v) is 9.78. The van der Waals surface area contributed by atoms with Gasteiger partial charge in [0, 0.05) is 26.6 Å². The number of hydrogen-bond donors (Lipinski definition) is 3. The summed E-state index contributed by atoms with van der Waals surface area (Å²) in [6.07, 6.45) is 0.0437. The number of aromatic nitrogens is 1. The number of nitrogens with zero attached hydrogens (tertiary/aromatic N) is 1. The number of aliphatic hydroxyl groups excluding tert-OH is 2. The minimum atomic E-state index is -3.70. The SMILES string of the molecule is O=C(Nc1ccc2c(c1)cc(C1CCC1)n2C[C@@H](O)CO)C1(c2ccc3c(c2)OC(F)(F)O3)CC1.[HH].[HH].[HH]. The van der Waals surface area contributed by atoms with Crippen LogP contribution < -0.4 is 14.8 Å². The molecule has 9 heteroatoms. The molecule has 1 amide bonds. The van der Waals surface area contributed by atoms with Gasteiger partial charge in [0.05, 0.1) is 24.7 Å². The summed E-state index contributed by atoms with van der Waals surface area (Å²) in [5.74, 6) is 0.123. The van der Waals surface area contributed by atoms with Crippen LogP contribution in [0.1, 0.15) is 53.6 Å². The van der Waals surface area contributed by atoms with Gasteiger partial charge in [-0.25, -0.2) is 0 Å². The third kappa shape index (κ3) is 3.83. The lowest BCUT2D eigenvalue weighted by molar-refractivity contribution is -0.286. The van der Waals surface area contributed by atoms with E-state index in [0.717, 1.165) is 29.4 Å². The Kier molecular flexibility index (Phi) is 5.05. The van der Waals surface area contributed by atoms with Crippen molar-refractivity contribution >= 4 is 22.5 Å². The third-order valence-electron chi connectivity index (χ3n) is 7.46. The average molecular weight is 491 g/mol. The van der Waals surface area contributed by atoms with Crippen molar-refractivity contribution in [2.24, 2.45) is 0 Å². The van der Waals surface area contributed by atoms with E-state index in [1.807, 2.05) is 18.2 Å². The number of anilines is 1. The van der Waals surface area contributed by atoms with Crippen LogP contribution in [-0.4, -0.2) is 39.7 Å². The molecule has 2 fully saturated rings. The van der Waals surface area contributed by atoms with Crippen LogP contribution in [0.25, 0.3) is 10.9 Å². The zero-order chi connectivity index (χ0) is 24.4. The van der Waals surface area contributed by atoms with Gasteiger partial charge >= 0.3 is 6.29 Å². The fourth-order valence-corrected chi connectivity index (χ4v) is 5.15. The molecule has 2 saturated carbocycles. The smallest absolute Gasteiger partial charge is 0.395 e. The Morgan fingerprint density at radius 2 is 1.91 bits per heavy atom. The van der Waals surface area contributed by atoms with E-state index in [2.05, 4.69) is 25.4 Å². The molecule has 190 valence electrons. The van der Waals surface area contributed by atoms with Gasteiger partial charge in [0.25, 0.3) is 0 Å². The maximum atomic E-state index is 13.4. The highest BCUT2D eigenvalue weighted by atomic mass is 19.3. The molecule has 35 heavy (non-hydrogen) atoms. The molecule has 0 spiro atoms. The molecule has 2 aliphatic carbocycles. The molecular weight excluding hydrogens is 458 g/mol. The highest BCUT2D eigenvalue weighted by Crippen LogP contribution is 2.52. The van der Waals surface area contributed by atoms with Crippen molar-refractivity contribution in [2.75, 3.05) is 11.9 Å². The lowest BCUT2D eigenvalue weighted by atomic mass is 9.83. The molecular formula is C26H32F2N2O5. The minimum Gasteiger partial charge on any atom is -0.395 e. The first-order chi connectivity index (χ1) is 16.8. The number of carbonyl (C=O) groups excluding carboxylic acids is 1. The van der Waals surface area contributed by atoms with Crippen molar-refractivity contribution in [3.63, 3.8) is 0 Å². The zero-order valence-corrected chi connectivity index (χ0v) is 19.0. The van der Waals surface area contributed by atoms with E-state index in [4.69, 9.17) is 0 Å². The van der Waals surface area contributed by atoms with Crippen LogP contribution in [0.2, 0.25) is 0 Å². The number of alkyl halides is 2. The van der Waals surface area contributed by atoms with E-state index in [1.165, 1.54) is 18.6 Å². The third-order valence-corrected chi connectivity index (χ3v) is 7.46. The standard InChI is InChI=1S/C26H26F2N2O5.3H2/c27-26(28)34-22-7-4-17(12-23(22)35-26)25(8-9-25)24(33)29-18-5-6-20-16(10-18)11-21(15-2-1-3-15)30(20)13-19(32)14-31;;;/h4-7,10-12,15,19,31-32H,1-3,8-9,13-14H2,(H,29,33);3*1H/t19-;;;/m1.../s1. The number of rotatable bonds is 7. The molecule has 1 aromatic heterocycles. The maximum Gasteiger partial charge on any atom is 0.586 e. The minimum absolute atomic E-state index is 0. The molecule has 3 N–H and O–H groups in total. The zero-order valence-electron chi connectivity index (χ0n) is 19.0. The largest absolute Gasteiger partial charge is 0.586 e. The van der Waals surface area contributed by atoms with Gasteiger partial charge in [0.2, 0.25) is 5.91 Å². The molecule has 0 bridgehead atoms. The summed E-state index contributed by atoms with van der Waals surface area (Å²) in [4.78, 5) is 13.3. The van der Waals surface area contributed by atoms with Crippen molar-refractivity contribution in [1.82, 2.24) is 4.57 Å². The topological polar surface area (TPSA) is 93.0 Å². The second kappa shape index (κ2) is 7.93. The molecule has 0 radical (unpaired) electrons. The Balaban J connectivity index is 0.00000133. The number of fused-ring (bicyclic) bond motifs is 2. The number of halogens is 2. The number of amides is 1. The molecule has 3 aliphatic rings. The van der Waals surface area contributed by atoms with Crippen molar-refractivity contribution < 1.29 is 37.5 Å². The van der Waals surface area contributed by atoms with E-state index in [9.17, 15) is 23.8 Å². The van der Waals surface area contributed by atoms with Crippen LogP contribution in [0.5, 0.6) is 11.5 Å². The van der Waals surface area contributed by atoms with Gasteiger partial charge in [-0.05, 0) is 73.6 Å². The highest BCUT2D eigenvalue weighted by Gasteiger charge is 2.52. The molecule has 2 heterocycles. The Morgan fingerprint density at radius 3 is 2.60 bits per heavy atom. The summed E-state index contributed by atoms with van der Waals surface area (Å²) < 4.78 is 37.9. The summed E-state index contributed by atoms with van der Waals surface area (Å²) >= 11 is 0. The van der Waals surface area contributed by atoms with Gasteiger partial charge in [0.1, 0.15) is 0 Å². The fraction of sp³-hybridized carbons (Fsp3) is 0.423. The molecule has 2 aromatic carbocycles. The molecule has 6 rings (SSSR count). The van der Waals surface area contributed by atoms with E-state index in [1.54, 1.807) is 6.07 Å². The predicted octanol–water partition coefficient (Wildman–Crippen LogP) is 4.99. The van der Waals surface area contributed by atoms with Crippen molar-refractivity contribution in [3.05, 3.63) is 53.7 Å². The first-order valence-electron chi connectivity index (χ1n) is 11.9.